The van der Waals surface area contributed by atoms with E-state index in [0.717, 1.165) is 30.5 Å². The van der Waals surface area contributed by atoms with Gasteiger partial charge in [-0.25, -0.2) is 4.98 Å². The maximum absolute atomic E-state index is 12.7. The summed E-state index contributed by atoms with van der Waals surface area (Å²) in [6.07, 6.45) is 8.83. The van der Waals surface area contributed by atoms with Crippen molar-refractivity contribution < 1.29 is 4.79 Å². The maximum Gasteiger partial charge on any atom is 0.272 e. The number of halogens is 1. The molecule has 0 bridgehead atoms. The summed E-state index contributed by atoms with van der Waals surface area (Å²) < 4.78 is 0. The summed E-state index contributed by atoms with van der Waals surface area (Å²) in [6.45, 7) is 0.741. The second-order valence-electron chi connectivity index (χ2n) is 5.28. The third-order valence-electron chi connectivity index (χ3n) is 3.92. The van der Waals surface area contributed by atoms with Crippen LogP contribution in [0.3, 0.4) is 0 Å². The lowest BCUT2D eigenvalue weighted by Crippen LogP contribution is -2.31. The van der Waals surface area contributed by atoms with Crippen LogP contribution in [0.15, 0.2) is 42.6 Å². The molecule has 0 spiro atoms. The number of hydrogen-bond donors (Lipinski definition) is 0. The standard InChI is InChI=1S/C18H15ClN2O/c1-2-13-5-7-14(8-6-13)17-4-3-11-21(17)18(22)16-10-9-15(19)12-20-16/h1,5-10,12,17H,3-4,11H2. The molecule has 1 atom stereocenters. The van der Waals surface area contributed by atoms with Gasteiger partial charge < -0.3 is 4.90 Å². The lowest BCUT2D eigenvalue weighted by Gasteiger charge is -2.25. The molecular weight excluding hydrogens is 296 g/mol. The summed E-state index contributed by atoms with van der Waals surface area (Å²) in [5.41, 5.74) is 2.38. The third kappa shape index (κ3) is 2.84. The minimum Gasteiger partial charge on any atom is -0.330 e. The predicted octanol–water partition coefficient (Wildman–Crippen LogP) is 3.69. The van der Waals surface area contributed by atoms with Gasteiger partial charge in [-0.15, -0.1) is 6.42 Å². The highest BCUT2D eigenvalue weighted by Gasteiger charge is 2.31. The summed E-state index contributed by atoms with van der Waals surface area (Å²) in [5.74, 6) is 2.55. The first kappa shape index (κ1) is 14.6. The quantitative estimate of drug-likeness (QED) is 0.793. The van der Waals surface area contributed by atoms with Gasteiger partial charge in [0.25, 0.3) is 5.91 Å². The Balaban J connectivity index is 1.84. The fourth-order valence-electron chi connectivity index (χ4n) is 2.81. The third-order valence-corrected chi connectivity index (χ3v) is 4.15. The van der Waals surface area contributed by atoms with Crippen LogP contribution in [0.1, 0.15) is 40.5 Å². The van der Waals surface area contributed by atoms with Crippen LogP contribution in [0, 0.1) is 12.3 Å². The van der Waals surface area contributed by atoms with E-state index in [-0.39, 0.29) is 11.9 Å². The molecule has 0 saturated carbocycles. The van der Waals surface area contributed by atoms with Crippen molar-refractivity contribution in [2.24, 2.45) is 0 Å². The molecule has 22 heavy (non-hydrogen) atoms. The van der Waals surface area contributed by atoms with Gasteiger partial charge in [-0.1, -0.05) is 29.7 Å². The Hall–Kier alpha value is -2.31. The lowest BCUT2D eigenvalue weighted by molar-refractivity contribution is 0.0729. The van der Waals surface area contributed by atoms with Gasteiger partial charge in [0.2, 0.25) is 0 Å². The summed E-state index contributed by atoms with van der Waals surface area (Å²) in [6, 6.07) is 11.3. The number of likely N-dealkylation sites (tertiary alicyclic amines) is 1. The van der Waals surface area contributed by atoms with Crippen molar-refractivity contribution in [2.75, 3.05) is 6.54 Å². The van der Waals surface area contributed by atoms with Crippen LogP contribution in [-0.2, 0) is 0 Å². The highest BCUT2D eigenvalue weighted by Crippen LogP contribution is 2.33. The molecule has 2 aromatic rings. The topological polar surface area (TPSA) is 33.2 Å². The molecule has 0 aliphatic carbocycles. The molecular formula is C18H15ClN2O. The smallest absolute Gasteiger partial charge is 0.272 e. The van der Waals surface area contributed by atoms with Crippen LogP contribution in [0.2, 0.25) is 5.02 Å². The first-order valence-electron chi connectivity index (χ1n) is 7.18. The molecule has 1 aromatic carbocycles. The molecule has 1 amide bonds. The molecule has 3 nitrogen and oxygen atoms in total. The Kier molecular flexibility index (Phi) is 4.13. The van der Waals surface area contributed by atoms with E-state index in [2.05, 4.69) is 10.9 Å². The van der Waals surface area contributed by atoms with Crippen LogP contribution in [-0.4, -0.2) is 22.3 Å². The summed E-state index contributed by atoms with van der Waals surface area (Å²) in [7, 11) is 0. The molecule has 0 radical (unpaired) electrons. The van der Waals surface area contributed by atoms with Crippen molar-refractivity contribution in [3.05, 3.63) is 64.4 Å². The zero-order valence-electron chi connectivity index (χ0n) is 12.0. The lowest BCUT2D eigenvalue weighted by atomic mass is 10.0. The zero-order chi connectivity index (χ0) is 15.5. The van der Waals surface area contributed by atoms with Crippen LogP contribution in [0.4, 0.5) is 0 Å². The molecule has 1 aliphatic rings. The molecule has 1 aromatic heterocycles. The largest absolute Gasteiger partial charge is 0.330 e. The maximum atomic E-state index is 12.7. The van der Waals surface area contributed by atoms with E-state index in [9.17, 15) is 4.79 Å². The molecule has 4 heteroatoms. The van der Waals surface area contributed by atoms with E-state index in [1.54, 1.807) is 12.1 Å². The molecule has 1 unspecified atom stereocenters. The van der Waals surface area contributed by atoms with Crippen LogP contribution in [0.25, 0.3) is 0 Å². The fraction of sp³-hybridized carbons (Fsp3) is 0.222. The van der Waals surface area contributed by atoms with E-state index < -0.39 is 0 Å². The Morgan fingerprint density at radius 3 is 2.68 bits per heavy atom. The number of rotatable bonds is 2. The Morgan fingerprint density at radius 1 is 1.27 bits per heavy atom. The second-order valence-corrected chi connectivity index (χ2v) is 5.72. The van der Waals surface area contributed by atoms with E-state index in [1.165, 1.54) is 6.20 Å². The average Bonchev–Trinajstić information content (AvgIpc) is 3.04. The van der Waals surface area contributed by atoms with Crippen molar-refractivity contribution in [2.45, 2.75) is 18.9 Å². The molecule has 1 fully saturated rings. The minimum atomic E-state index is -0.0554. The number of pyridine rings is 1. The van der Waals surface area contributed by atoms with E-state index in [4.69, 9.17) is 18.0 Å². The minimum absolute atomic E-state index is 0.0554. The van der Waals surface area contributed by atoms with Crippen LogP contribution >= 0.6 is 11.6 Å². The van der Waals surface area contributed by atoms with E-state index in [1.807, 2.05) is 29.2 Å². The normalized spacial score (nSPS) is 17.3. The predicted molar refractivity (Wildman–Crippen MR) is 86.6 cm³/mol. The number of nitrogens with zero attached hydrogens (tertiary/aromatic N) is 2. The van der Waals surface area contributed by atoms with Gasteiger partial charge in [0, 0.05) is 18.3 Å². The number of amides is 1. The zero-order valence-corrected chi connectivity index (χ0v) is 12.8. The molecule has 2 heterocycles. The average molecular weight is 311 g/mol. The first-order valence-corrected chi connectivity index (χ1v) is 7.56. The Labute approximate surface area is 134 Å². The van der Waals surface area contributed by atoms with Gasteiger partial charge in [-0.2, -0.15) is 0 Å². The van der Waals surface area contributed by atoms with Gasteiger partial charge in [-0.3, -0.25) is 4.79 Å². The van der Waals surface area contributed by atoms with Gasteiger partial charge in [0.05, 0.1) is 11.1 Å². The van der Waals surface area contributed by atoms with Crippen molar-refractivity contribution in [1.82, 2.24) is 9.88 Å². The summed E-state index contributed by atoms with van der Waals surface area (Å²) >= 11 is 5.83. The van der Waals surface area contributed by atoms with Crippen molar-refractivity contribution >= 4 is 17.5 Å². The van der Waals surface area contributed by atoms with Gasteiger partial charge in [0.1, 0.15) is 5.69 Å². The Morgan fingerprint density at radius 2 is 2.05 bits per heavy atom. The number of benzene rings is 1. The molecule has 0 N–H and O–H groups in total. The van der Waals surface area contributed by atoms with Gasteiger partial charge in [-0.05, 0) is 42.7 Å². The number of carbonyl (C=O) groups excluding carboxylic acids is 1. The summed E-state index contributed by atoms with van der Waals surface area (Å²) in [5, 5.41) is 0.527. The van der Waals surface area contributed by atoms with Gasteiger partial charge in [0.15, 0.2) is 0 Å². The number of hydrogen-bond acceptors (Lipinski definition) is 2. The number of terminal acetylenes is 1. The fourth-order valence-corrected chi connectivity index (χ4v) is 2.92. The van der Waals surface area contributed by atoms with Crippen molar-refractivity contribution in [3.63, 3.8) is 0 Å². The number of carbonyl (C=O) groups is 1. The first-order chi connectivity index (χ1) is 10.7. The van der Waals surface area contributed by atoms with Crippen LogP contribution in [0.5, 0.6) is 0 Å². The Bertz CT molecular complexity index is 716. The second kappa shape index (κ2) is 6.21. The highest BCUT2D eigenvalue weighted by molar-refractivity contribution is 6.30. The van der Waals surface area contributed by atoms with Crippen molar-refractivity contribution in [1.29, 1.82) is 0 Å². The SMILES string of the molecule is C#Cc1ccc(C2CCCN2C(=O)c2ccc(Cl)cn2)cc1. The molecule has 1 aliphatic heterocycles. The van der Waals surface area contributed by atoms with Gasteiger partial charge >= 0.3 is 0 Å². The van der Waals surface area contributed by atoms with Crippen LogP contribution < -0.4 is 0 Å². The monoisotopic (exact) mass is 310 g/mol. The van der Waals surface area contributed by atoms with Crippen molar-refractivity contribution in [3.8, 4) is 12.3 Å². The molecule has 3 rings (SSSR count). The number of aromatic nitrogens is 1. The molecule has 1 saturated heterocycles. The highest BCUT2D eigenvalue weighted by atomic mass is 35.5. The summed E-state index contributed by atoms with van der Waals surface area (Å²) in [4.78, 5) is 18.7. The van der Waals surface area contributed by atoms with E-state index in [0.29, 0.717) is 10.7 Å². The molecule has 110 valence electrons. The van der Waals surface area contributed by atoms with E-state index >= 15 is 0 Å².